The van der Waals surface area contributed by atoms with Crippen LogP contribution in [0.3, 0.4) is 0 Å². The number of H-pyrrole nitrogens is 1. The zero-order chi connectivity index (χ0) is 17.2. The van der Waals surface area contributed by atoms with E-state index in [0.29, 0.717) is 5.56 Å². The molecule has 0 saturated carbocycles. The Labute approximate surface area is 135 Å². The molecule has 0 aliphatic rings. The van der Waals surface area contributed by atoms with Crippen molar-refractivity contribution in [1.29, 1.82) is 0 Å². The molecule has 2 unspecified atom stereocenters. The van der Waals surface area contributed by atoms with E-state index in [1.165, 1.54) is 0 Å². The number of carbonyl (C=O) groups is 2. The number of carboxylic acids is 1. The molecule has 5 nitrogen and oxygen atoms in total. The number of rotatable bonds is 6. The molecule has 5 heteroatoms. The van der Waals surface area contributed by atoms with Crippen molar-refractivity contribution in [2.75, 3.05) is 0 Å². The highest BCUT2D eigenvalue weighted by Crippen LogP contribution is 2.46. The predicted octanol–water partition coefficient (Wildman–Crippen LogP) is 2.99. The van der Waals surface area contributed by atoms with E-state index in [0.717, 1.165) is 5.69 Å². The number of amides is 1. The van der Waals surface area contributed by atoms with E-state index in [2.05, 4.69) is 4.98 Å². The van der Waals surface area contributed by atoms with Crippen molar-refractivity contribution in [2.45, 2.75) is 26.7 Å². The van der Waals surface area contributed by atoms with Gasteiger partial charge < -0.3 is 15.8 Å². The summed E-state index contributed by atoms with van der Waals surface area (Å²) in [6, 6.07) is 10.4. The van der Waals surface area contributed by atoms with E-state index in [9.17, 15) is 14.7 Å². The van der Waals surface area contributed by atoms with Crippen LogP contribution >= 0.6 is 0 Å². The average Bonchev–Trinajstić information content (AvgIpc) is 3.01. The summed E-state index contributed by atoms with van der Waals surface area (Å²) in [5, 5.41) is 9.53. The molecule has 0 spiro atoms. The minimum absolute atomic E-state index is 0.0739. The number of carboxylic acid groups (broad SMARTS) is 1. The lowest BCUT2D eigenvalue weighted by atomic mass is 9.64. The molecule has 1 amide bonds. The molecule has 2 rings (SSSR count). The second-order valence-electron chi connectivity index (χ2n) is 6.25. The maximum Gasteiger partial charge on any atom is 0.335 e. The molecular weight excluding hydrogens is 292 g/mol. The van der Waals surface area contributed by atoms with Gasteiger partial charge in [0.15, 0.2) is 0 Å². The topological polar surface area (TPSA) is 96.2 Å². The number of nitrogens with one attached hydrogen (secondary N) is 1. The van der Waals surface area contributed by atoms with Gasteiger partial charge in [-0.25, -0.2) is 4.79 Å². The third-order valence-electron chi connectivity index (χ3n) is 4.77. The summed E-state index contributed by atoms with van der Waals surface area (Å²) < 4.78 is 0. The molecular formula is C18H22N2O3. The van der Waals surface area contributed by atoms with Gasteiger partial charge in [-0.05, 0) is 36.6 Å². The van der Waals surface area contributed by atoms with Crippen LogP contribution in [0.5, 0.6) is 0 Å². The van der Waals surface area contributed by atoms with Gasteiger partial charge in [-0.3, -0.25) is 4.79 Å². The normalized spacial score (nSPS) is 15.1. The Hall–Kier alpha value is -2.56. The SMILES string of the molecule is CC(C)C(C)(C(N)=O)C(c1ccc[nH]1)c1ccccc1C(=O)O. The van der Waals surface area contributed by atoms with Crippen molar-refractivity contribution in [2.24, 2.45) is 17.1 Å². The first-order chi connectivity index (χ1) is 10.8. The first-order valence-electron chi connectivity index (χ1n) is 7.55. The summed E-state index contributed by atoms with van der Waals surface area (Å²) in [4.78, 5) is 27.1. The first-order valence-corrected chi connectivity index (χ1v) is 7.55. The Morgan fingerprint density at radius 3 is 2.30 bits per heavy atom. The van der Waals surface area contributed by atoms with Gasteiger partial charge in [0, 0.05) is 17.8 Å². The molecule has 122 valence electrons. The Balaban J connectivity index is 2.76. The molecule has 1 aromatic carbocycles. The second kappa shape index (κ2) is 6.28. The monoisotopic (exact) mass is 314 g/mol. The zero-order valence-corrected chi connectivity index (χ0v) is 13.5. The van der Waals surface area contributed by atoms with Gasteiger partial charge in [0.25, 0.3) is 0 Å². The number of aromatic amines is 1. The number of benzene rings is 1. The summed E-state index contributed by atoms with van der Waals surface area (Å²) in [6.07, 6.45) is 1.76. The van der Waals surface area contributed by atoms with Crippen LogP contribution in [0.2, 0.25) is 0 Å². The van der Waals surface area contributed by atoms with E-state index in [1.807, 2.05) is 26.0 Å². The van der Waals surface area contributed by atoms with Crippen molar-refractivity contribution in [3.63, 3.8) is 0 Å². The van der Waals surface area contributed by atoms with Crippen LogP contribution < -0.4 is 5.73 Å². The molecule has 0 saturated heterocycles. The second-order valence-corrected chi connectivity index (χ2v) is 6.25. The van der Waals surface area contributed by atoms with Crippen molar-refractivity contribution in [3.05, 3.63) is 59.4 Å². The van der Waals surface area contributed by atoms with Gasteiger partial charge in [-0.2, -0.15) is 0 Å². The summed E-state index contributed by atoms with van der Waals surface area (Å²) in [5.74, 6) is -2.02. The lowest BCUT2D eigenvalue weighted by molar-refractivity contribution is -0.130. The maximum absolute atomic E-state index is 12.3. The standard InChI is InChI=1S/C18H22N2O3/c1-11(2)18(3,17(19)23)15(14-9-6-10-20-14)12-7-4-5-8-13(12)16(21)22/h4-11,15,20H,1-3H3,(H2,19,23)(H,21,22). The van der Waals surface area contributed by atoms with E-state index >= 15 is 0 Å². The molecule has 0 aliphatic heterocycles. The molecule has 2 aromatic rings. The fourth-order valence-electron chi connectivity index (χ4n) is 3.04. The average molecular weight is 314 g/mol. The van der Waals surface area contributed by atoms with Crippen molar-refractivity contribution in [1.82, 2.24) is 4.98 Å². The molecule has 0 aliphatic carbocycles. The van der Waals surface area contributed by atoms with Crippen LogP contribution in [0.1, 0.15) is 48.3 Å². The van der Waals surface area contributed by atoms with E-state index in [4.69, 9.17) is 5.73 Å². The van der Waals surface area contributed by atoms with Gasteiger partial charge in [0.05, 0.1) is 11.0 Å². The Morgan fingerprint density at radius 1 is 1.17 bits per heavy atom. The highest BCUT2D eigenvalue weighted by Gasteiger charge is 2.45. The Bertz CT molecular complexity index is 707. The number of hydrogen-bond acceptors (Lipinski definition) is 2. The molecule has 4 N–H and O–H groups in total. The van der Waals surface area contributed by atoms with E-state index in [1.54, 1.807) is 37.4 Å². The highest BCUT2D eigenvalue weighted by atomic mass is 16.4. The van der Waals surface area contributed by atoms with Crippen LogP contribution in [-0.2, 0) is 4.79 Å². The van der Waals surface area contributed by atoms with Gasteiger partial charge in [-0.15, -0.1) is 0 Å². The van der Waals surface area contributed by atoms with Crippen molar-refractivity contribution >= 4 is 11.9 Å². The fraction of sp³-hybridized carbons (Fsp3) is 0.333. The van der Waals surface area contributed by atoms with Crippen molar-refractivity contribution < 1.29 is 14.7 Å². The third kappa shape index (κ3) is 2.86. The van der Waals surface area contributed by atoms with Gasteiger partial charge in [0.1, 0.15) is 0 Å². The van der Waals surface area contributed by atoms with Gasteiger partial charge in [-0.1, -0.05) is 32.0 Å². The Kier molecular flexibility index (Phi) is 4.59. The molecule has 1 heterocycles. The third-order valence-corrected chi connectivity index (χ3v) is 4.77. The van der Waals surface area contributed by atoms with E-state index < -0.39 is 23.2 Å². The first kappa shape index (κ1) is 16.8. The van der Waals surface area contributed by atoms with Gasteiger partial charge >= 0.3 is 5.97 Å². The summed E-state index contributed by atoms with van der Waals surface area (Å²) >= 11 is 0. The summed E-state index contributed by atoms with van der Waals surface area (Å²) in [6.45, 7) is 5.64. The lowest BCUT2D eigenvalue weighted by Gasteiger charge is -2.39. The molecule has 0 bridgehead atoms. The largest absolute Gasteiger partial charge is 0.478 e. The number of carbonyl (C=O) groups excluding carboxylic acids is 1. The summed E-state index contributed by atoms with van der Waals surface area (Å²) in [5.41, 5.74) is 6.34. The van der Waals surface area contributed by atoms with Crippen LogP contribution in [0, 0.1) is 11.3 Å². The number of primary amides is 1. The molecule has 0 fully saturated rings. The fourth-order valence-corrected chi connectivity index (χ4v) is 3.04. The highest BCUT2D eigenvalue weighted by molar-refractivity contribution is 5.91. The predicted molar refractivity (Wildman–Crippen MR) is 88.2 cm³/mol. The van der Waals surface area contributed by atoms with E-state index in [-0.39, 0.29) is 11.5 Å². The van der Waals surface area contributed by atoms with Crippen LogP contribution in [0.4, 0.5) is 0 Å². The molecule has 0 radical (unpaired) electrons. The van der Waals surface area contributed by atoms with Crippen molar-refractivity contribution in [3.8, 4) is 0 Å². The minimum Gasteiger partial charge on any atom is -0.478 e. The minimum atomic E-state index is -1.02. The Morgan fingerprint density at radius 2 is 1.83 bits per heavy atom. The van der Waals surface area contributed by atoms with Crippen LogP contribution in [-0.4, -0.2) is 22.0 Å². The lowest BCUT2D eigenvalue weighted by Crippen LogP contribution is -2.44. The zero-order valence-electron chi connectivity index (χ0n) is 13.5. The number of aromatic nitrogens is 1. The number of hydrogen-bond donors (Lipinski definition) is 3. The molecule has 2 atom stereocenters. The van der Waals surface area contributed by atoms with Gasteiger partial charge in [0.2, 0.25) is 5.91 Å². The van der Waals surface area contributed by atoms with Crippen LogP contribution in [0.25, 0.3) is 0 Å². The number of nitrogens with two attached hydrogens (primary N) is 1. The molecule has 23 heavy (non-hydrogen) atoms. The van der Waals surface area contributed by atoms with Crippen LogP contribution in [0.15, 0.2) is 42.6 Å². The molecule has 1 aromatic heterocycles. The summed E-state index contributed by atoms with van der Waals surface area (Å²) in [7, 11) is 0. The smallest absolute Gasteiger partial charge is 0.335 e. The quantitative estimate of drug-likeness (QED) is 0.764. The maximum atomic E-state index is 12.3. The number of aromatic carboxylic acids is 1.